The minimum absolute atomic E-state index is 1.09. The van der Waals surface area contributed by atoms with Gasteiger partial charge >= 0.3 is 0 Å². The molecule has 0 radical (unpaired) electrons. The van der Waals surface area contributed by atoms with Crippen LogP contribution in [0.15, 0.2) is 12.7 Å². The highest BCUT2D eigenvalue weighted by Gasteiger charge is 2.10. The molecule has 0 saturated carbocycles. The molecule has 0 aliphatic heterocycles. The lowest BCUT2D eigenvalue weighted by Gasteiger charge is -2.28. The van der Waals surface area contributed by atoms with Crippen LogP contribution in [0.1, 0.15) is 58.3 Å². The lowest BCUT2D eigenvalue weighted by molar-refractivity contribution is -0.884. The molecule has 0 aliphatic rings. The lowest BCUT2D eigenvalue weighted by atomic mass is 10.1. The van der Waals surface area contributed by atoms with Gasteiger partial charge in [0.15, 0.2) is 0 Å². The van der Waals surface area contributed by atoms with Gasteiger partial charge in [-0.05, 0) is 18.9 Å². The average Bonchev–Trinajstić information content (AvgIpc) is 2.22. The summed E-state index contributed by atoms with van der Waals surface area (Å²) in [5.74, 6) is 0. The van der Waals surface area contributed by atoms with Crippen LogP contribution in [-0.2, 0) is 0 Å². The molecule has 0 bridgehead atoms. The maximum atomic E-state index is 3.82. The van der Waals surface area contributed by atoms with E-state index in [0.29, 0.717) is 0 Å². The van der Waals surface area contributed by atoms with Crippen molar-refractivity contribution in [1.82, 2.24) is 0 Å². The van der Waals surface area contributed by atoms with Gasteiger partial charge in [-0.3, -0.25) is 0 Å². The first-order valence-corrected chi connectivity index (χ1v) is 7.05. The summed E-state index contributed by atoms with van der Waals surface area (Å²) in [6, 6.07) is 0. The monoisotopic (exact) mass is 226 g/mol. The first kappa shape index (κ1) is 15.7. The van der Waals surface area contributed by atoms with Gasteiger partial charge in [0.05, 0.1) is 27.2 Å². The van der Waals surface area contributed by atoms with Crippen molar-refractivity contribution < 1.29 is 4.48 Å². The number of likely N-dealkylation sites (N-methyl/N-ethyl adjacent to an activating group) is 1. The molecule has 96 valence electrons. The summed E-state index contributed by atoms with van der Waals surface area (Å²) < 4.78 is 1.10. The van der Waals surface area contributed by atoms with Gasteiger partial charge in [0.1, 0.15) is 0 Å². The topological polar surface area (TPSA) is 0 Å². The molecule has 0 fully saturated rings. The van der Waals surface area contributed by atoms with Crippen LogP contribution >= 0.6 is 0 Å². The third-order valence-corrected chi connectivity index (χ3v) is 3.24. The van der Waals surface area contributed by atoms with Gasteiger partial charge in [-0.1, -0.05) is 52.0 Å². The lowest BCUT2D eigenvalue weighted by Crippen LogP contribution is -2.40. The third kappa shape index (κ3) is 10.2. The van der Waals surface area contributed by atoms with Crippen molar-refractivity contribution in [2.24, 2.45) is 0 Å². The number of rotatable bonds is 11. The zero-order valence-corrected chi connectivity index (χ0v) is 11.8. The van der Waals surface area contributed by atoms with Crippen molar-refractivity contribution in [2.75, 3.05) is 27.2 Å². The predicted octanol–water partition coefficient (Wildman–Crippen LogP) is 4.39. The van der Waals surface area contributed by atoms with Crippen LogP contribution in [0.3, 0.4) is 0 Å². The Kier molecular flexibility index (Phi) is 9.71. The van der Waals surface area contributed by atoms with E-state index in [-0.39, 0.29) is 0 Å². The smallest absolute Gasteiger partial charge is 0.0966 e. The molecule has 0 atom stereocenters. The zero-order valence-electron chi connectivity index (χ0n) is 11.8. The molecule has 0 unspecified atom stereocenters. The van der Waals surface area contributed by atoms with Gasteiger partial charge in [0.25, 0.3) is 0 Å². The van der Waals surface area contributed by atoms with E-state index in [2.05, 4.69) is 27.6 Å². The first-order chi connectivity index (χ1) is 7.62. The second-order valence-electron chi connectivity index (χ2n) is 5.61. The number of hydrogen-bond donors (Lipinski definition) is 0. The maximum Gasteiger partial charge on any atom is 0.0966 e. The van der Waals surface area contributed by atoms with E-state index >= 15 is 0 Å². The molecule has 0 aliphatic carbocycles. The van der Waals surface area contributed by atoms with Gasteiger partial charge in [-0.2, -0.15) is 0 Å². The SMILES string of the molecule is C=CC[N+](C)(C)CCCCCCCCCC. The van der Waals surface area contributed by atoms with Crippen molar-refractivity contribution in [3.8, 4) is 0 Å². The maximum absolute atomic E-state index is 3.82. The van der Waals surface area contributed by atoms with Crippen LogP contribution in [0.4, 0.5) is 0 Å². The summed E-state index contributed by atoms with van der Waals surface area (Å²) in [5.41, 5.74) is 0. The van der Waals surface area contributed by atoms with Gasteiger partial charge in [0.2, 0.25) is 0 Å². The largest absolute Gasteiger partial charge is 0.325 e. The molecule has 0 saturated heterocycles. The highest BCUT2D eigenvalue weighted by molar-refractivity contribution is 4.64. The number of nitrogens with zero attached hydrogens (tertiary/aromatic N) is 1. The first-order valence-electron chi connectivity index (χ1n) is 7.05. The van der Waals surface area contributed by atoms with Gasteiger partial charge < -0.3 is 4.48 Å². The van der Waals surface area contributed by atoms with Gasteiger partial charge in [-0.15, -0.1) is 0 Å². The molecule has 1 nitrogen and oxygen atoms in total. The van der Waals surface area contributed by atoms with Gasteiger partial charge in [0, 0.05) is 0 Å². The fourth-order valence-corrected chi connectivity index (χ4v) is 2.11. The van der Waals surface area contributed by atoms with Crippen molar-refractivity contribution in [2.45, 2.75) is 58.3 Å². The second-order valence-corrected chi connectivity index (χ2v) is 5.61. The van der Waals surface area contributed by atoms with Crippen molar-refractivity contribution in [3.05, 3.63) is 12.7 Å². The molecule has 1 heteroatoms. The van der Waals surface area contributed by atoms with Gasteiger partial charge in [-0.25, -0.2) is 0 Å². The Bertz CT molecular complexity index is 161. The summed E-state index contributed by atoms with van der Waals surface area (Å²) in [6.45, 7) is 8.48. The third-order valence-electron chi connectivity index (χ3n) is 3.24. The molecule has 0 spiro atoms. The summed E-state index contributed by atoms with van der Waals surface area (Å²) >= 11 is 0. The fourth-order valence-electron chi connectivity index (χ4n) is 2.11. The standard InChI is InChI=1S/C15H32N/c1-5-7-8-9-10-11-12-13-15-16(3,4)14-6-2/h6H,2,5,7-15H2,1,3-4H3/q+1. The van der Waals surface area contributed by atoms with E-state index in [0.717, 1.165) is 11.0 Å². The highest BCUT2D eigenvalue weighted by atomic mass is 15.3. The summed E-state index contributed by atoms with van der Waals surface area (Å²) in [6.07, 6.45) is 13.3. The van der Waals surface area contributed by atoms with Crippen LogP contribution < -0.4 is 0 Å². The van der Waals surface area contributed by atoms with E-state index in [4.69, 9.17) is 0 Å². The molecular weight excluding hydrogens is 194 g/mol. The van der Waals surface area contributed by atoms with E-state index in [1.165, 1.54) is 57.9 Å². The molecule has 0 aromatic carbocycles. The van der Waals surface area contributed by atoms with Crippen LogP contribution in [0.2, 0.25) is 0 Å². The van der Waals surface area contributed by atoms with Crippen molar-refractivity contribution >= 4 is 0 Å². The normalized spacial score (nSPS) is 11.7. The van der Waals surface area contributed by atoms with E-state index in [1.54, 1.807) is 0 Å². The minimum atomic E-state index is 1.09. The fraction of sp³-hybridized carbons (Fsp3) is 0.867. The average molecular weight is 226 g/mol. The molecule has 0 aromatic heterocycles. The Morgan fingerprint density at radius 1 is 0.875 bits per heavy atom. The van der Waals surface area contributed by atoms with E-state index in [9.17, 15) is 0 Å². The number of quaternary nitrogens is 1. The minimum Gasteiger partial charge on any atom is -0.325 e. The zero-order chi connectivity index (χ0) is 12.3. The summed E-state index contributed by atoms with van der Waals surface area (Å²) in [7, 11) is 4.59. The van der Waals surface area contributed by atoms with Crippen molar-refractivity contribution in [1.29, 1.82) is 0 Å². The Hall–Kier alpha value is -0.300. The number of hydrogen-bond acceptors (Lipinski definition) is 0. The quantitative estimate of drug-likeness (QED) is 0.278. The van der Waals surface area contributed by atoms with Crippen molar-refractivity contribution in [3.63, 3.8) is 0 Å². The van der Waals surface area contributed by atoms with E-state index < -0.39 is 0 Å². The molecule has 0 aromatic rings. The van der Waals surface area contributed by atoms with Crippen LogP contribution in [0.5, 0.6) is 0 Å². The molecule has 0 N–H and O–H groups in total. The Morgan fingerprint density at radius 2 is 1.38 bits per heavy atom. The Labute approximate surface area is 103 Å². The molecule has 0 amide bonds. The molecule has 16 heavy (non-hydrogen) atoms. The van der Waals surface area contributed by atoms with Crippen LogP contribution in [-0.4, -0.2) is 31.7 Å². The predicted molar refractivity (Wildman–Crippen MR) is 74.6 cm³/mol. The summed E-state index contributed by atoms with van der Waals surface area (Å²) in [4.78, 5) is 0. The molecular formula is C15H32N+. The van der Waals surface area contributed by atoms with Crippen LogP contribution in [0, 0.1) is 0 Å². The molecule has 0 rings (SSSR count). The molecule has 0 heterocycles. The second kappa shape index (κ2) is 9.89. The summed E-state index contributed by atoms with van der Waals surface area (Å²) in [5, 5.41) is 0. The van der Waals surface area contributed by atoms with Crippen LogP contribution in [0.25, 0.3) is 0 Å². The van der Waals surface area contributed by atoms with E-state index in [1.807, 2.05) is 6.08 Å². The number of unbranched alkanes of at least 4 members (excludes halogenated alkanes) is 7. The Morgan fingerprint density at radius 3 is 1.88 bits per heavy atom. The Balaban J connectivity index is 3.23. The highest BCUT2D eigenvalue weighted by Crippen LogP contribution is 2.10.